The minimum absolute atomic E-state index is 0.0214. The number of rotatable bonds is 3. The molecule has 0 spiro atoms. The van der Waals surface area contributed by atoms with Crippen molar-refractivity contribution in [2.24, 2.45) is 0 Å². The standard InChI is InChI=1S/C42H68OP2Si/c1-37(2,3)27-22-29(39(7,8)9)34(30(23-27)40(10,11)12)44-26-33(43)45(36(44)46(19,20)21)35-31(41(13,14)15)24-28(38(4,5)6)25-32(35)42(16,17)18/h22-26H,1-21H3. The van der Waals surface area contributed by atoms with Gasteiger partial charge in [0.15, 0.2) is 5.52 Å². The van der Waals surface area contributed by atoms with Crippen molar-refractivity contribution >= 4 is 49.8 Å². The maximum atomic E-state index is 15.0. The van der Waals surface area contributed by atoms with Gasteiger partial charge in [0.2, 0.25) is 0 Å². The average molecular weight is 679 g/mol. The summed E-state index contributed by atoms with van der Waals surface area (Å²) < 4.78 is 1.61. The minimum Gasteiger partial charge on any atom is -0.289 e. The average Bonchev–Trinajstić information content (AvgIpc) is 3.16. The van der Waals surface area contributed by atoms with Crippen molar-refractivity contribution in [3.05, 3.63) is 57.6 Å². The van der Waals surface area contributed by atoms with Crippen LogP contribution in [0.2, 0.25) is 19.6 Å². The van der Waals surface area contributed by atoms with Gasteiger partial charge in [0.05, 0.1) is 8.07 Å². The quantitative estimate of drug-likeness (QED) is 0.233. The van der Waals surface area contributed by atoms with E-state index in [1.807, 2.05) is 0 Å². The molecule has 1 aliphatic heterocycles. The minimum atomic E-state index is -1.96. The molecule has 0 aliphatic carbocycles. The Balaban J connectivity index is 2.71. The number of benzene rings is 2. The molecular weight excluding hydrogens is 610 g/mol. The topological polar surface area (TPSA) is 17.1 Å². The molecule has 2 unspecified atom stereocenters. The summed E-state index contributed by atoms with van der Waals surface area (Å²) in [4.78, 5) is 15.0. The van der Waals surface area contributed by atoms with Gasteiger partial charge in [0.1, 0.15) is 0 Å². The predicted molar refractivity (Wildman–Crippen MR) is 218 cm³/mol. The summed E-state index contributed by atoms with van der Waals surface area (Å²) >= 11 is 0. The van der Waals surface area contributed by atoms with Crippen LogP contribution in [0.25, 0.3) is 0 Å². The largest absolute Gasteiger partial charge is 0.289 e. The fraction of sp³-hybridized carbons (Fsp3) is 0.643. The summed E-state index contributed by atoms with van der Waals surface area (Å²) in [5.74, 6) is 2.25. The highest BCUT2D eigenvalue weighted by atomic mass is 31.2. The molecule has 0 bridgehead atoms. The van der Waals surface area contributed by atoms with E-state index in [0.717, 1.165) is 0 Å². The van der Waals surface area contributed by atoms with Gasteiger partial charge < -0.3 is 0 Å². The molecule has 0 radical (unpaired) electrons. The fourth-order valence-corrected chi connectivity index (χ4v) is 19.9. The second-order valence-corrected chi connectivity index (χ2v) is 31.2. The highest BCUT2D eigenvalue weighted by Gasteiger charge is 2.44. The molecule has 2 aromatic carbocycles. The Kier molecular flexibility index (Phi) is 10.2. The first kappa shape index (κ1) is 39.2. The lowest BCUT2D eigenvalue weighted by atomic mass is 9.75. The lowest BCUT2D eigenvalue weighted by molar-refractivity contribution is -0.105. The Morgan fingerprint density at radius 2 is 0.739 bits per heavy atom. The van der Waals surface area contributed by atoms with Crippen molar-refractivity contribution in [2.75, 3.05) is 0 Å². The molecule has 0 N–H and O–H groups in total. The van der Waals surface area contributed by atoms with E-state index in [1.54, 1.807) is 4.66 Å². The van der Waals surface area contributed by atoms with E-state index in [-0.39, 0.29) is 32.5 Å². The molecule has 3 rings (SSSR count). The first-order chi connectivity index (χ1) is 20.2. The SMILES string of the molecule is CC(C)(C)c1cc(C(C)(C)C)c(P2C(=O)C=P(c3c(C(C)(C)C)cc(C(C)(C)C)cc3C(C)(C)C)=C2[Si](C)(C)C)c(C(C)(C)C)c1. The van der Waals surface area contributed by atoms with Crippen molar-refractivity contribution < 1.29 is 4.79 Å². The molecule has 0 fully saturated rings. The molecule has 1 aliphatic rings. The van der Waals surface area contributed by atoms with Crippen molar-refractivity contribution in [1.82, 2.24) is 0 Å². The van der Waals surface area contributed by atoms with Crippen molar-refractivity contribution in [3.63, 3.8) is 0 Å². The summed E-state index contributed by atoms with van der Waals surface area (Å²) in [6.07, 6.45) is 0. The summed E-state index contributed by atoms with van der Waals surface area (Å²) in [5, 5.41) is 2.84. The van der Waals surface area contributed by atoms with Crippen molar-refractivity contribution in [2.45, 2.75) is 177 Å². The van der Waals surface area contributed by atoms with Gasteiger partial charge in [0, 0.05) is 19.0 Å². The zero-order valence-corrected chi connectivity index (χ0v) is 36.5. The smallest absolute Gasteiger partial charge is 0.189 e. The van der Waals surface area contributed by atoms with E-state index in [9.17, 15) is 4.79 Å². The van der Waals surface area contributed by atoms with Gasteiger partial charge in [-0.15, -0.1) is 0 Å². The third kappa shape index (κ3) is 7.98. The molecule has 2 atom stereocenters. The van der Waals surface area contributed by atoms with Crippen molar-refractivity contribution in [1.29, 1.82) is 0 Å². The molecule has 0 aromatic heterocycles. The van der Waals surface area contributed by atoms with Gasteiger partial charge >= 0.3 is 0 Å². The monoisotopic (exact) mass is 678 g/mol. The van der Waals surface area contributed by atoms with Crippen LogP contribution in [-0.2, 0) is 37.3 Å². The Hall–Kier alpha value is -1.20. The number of carbonyl (C=O) groups is 1. The van der Waals surface area contributed by atoms with Gasteiger partial charge in [-0.3, -0.25) is 4.79 Å². The number of hydrogen-bond acceptors (Lipinski definition) is 1. The van der Waals surface area contributed by atoms with E-state index in [1.165, 1.54) is 44.0 Å². The molecule has 1 heterocycles. The lowest BCUT2D eigenvalue weighted by Gasteiger charge is -2.38. The molecule has 4 heteroatoms. The highest BCUT2D eigenvalue weighted by Crippen LogP contribution is 2.55. The summed E-state index contributed by atoms with van der Waals surface area (Å²) in [7, 11) is -4.02. The van der Waals surface area contributed by atoms with Gasteiger partial charge in [-0.2, -0.15) is 0 Å². The number of hydrogen-bond donors (Lipinski definition) is 0. The maximum Gasteiger partial charge on any atom is 0.189 e. The van der Waals surface area contributed by atoms with E-state index in [2.05, 4.69) is 174 Å². The summed E-state index contributed by atoms with van der Waals surface area (Å²) in [6.45, 7) is 49.8. The Bertz CT molecular complexity index is 1540. The van der Waals surface area contributed by atoms with E-state index < -0.39 is 23.2 Å². The van der Waals surface area contributed by atoms with Crippen LogP contribution >= 0.6 is 15.1 Å². The molecule has 1 nitrogen and oxygen atoms in total. The number of carbonyl (C=O) groups excluding carboxylic acids is 1. The Labute approximate surface area is 287 Å². The first-order valence-electron chi connectivity index (χ1n) is 17.4. The molecule has 0 saturated heterocycles. The van der Waals surface area contributed by atoms with Crippen LogP contribution in [-0.4, -0.2) is 24.1 Å². The van der Waals surface area contributed by atoms with E-state index in [4.69, 9.17) is 0 Å². The van der Waals surface area contributed by atoms with E-state index >= 15 is 0 Å². The van der Waals surface area contributed by atoms with E-state index in [0.29, 0.717) is 5.52 Å². The molecule has 46 heavy (non-hydrogen) atoms. The zero-order valence-electron chi connectivity index (χ0n) is 33.7. The van der Waals surface area contributed by atoms with Gasteiger partial charge in [-0.05, 0) is 75.8 Å². The molecule has 256 valence electrons. The lowest BCUT2D eigenvalue weighted by Crippen LogP contribution is -2.39. The van der Waals surface area contributed by atoms with Crippen LogP contribution in [0.1, 0.15) is 158 Å². The second-order valence-electron chi connectivity index (χ2n) is 21.1. The second kappa shape index (κ2) is 12.0. The van der Waals surface area contributed by atoms with Gasteiger partial charge in [0.25, 0.3) is 0 Å². The third-order valence-electron chi connectivity index (χ3n) is 9.22. The summed E-state index contributed by atoms with van der Waals surface area (Å²) in [6, 6.07) is 9.96. The molecule has 0 amide bonds. The normalized spacial score (nSPS) is 18.4. The Morgan fingerprint density at radius 1 is 0.457 bits per heavy atom. The van der Waals surface area contributed by atoms with Crippen molar-refractivity contribution in [3.8, 4) is 0 Å². The van der Waals surface area contributed by atoms with Crippen LogP contribution in [0.3, 0.4) is 0 Å². The van der Waals surface area contributed by atoms with Gasteiger partial charge in [-0.25, -0.2) is 0 Å². The van der Waals surface area contributed by atoms with Crippen LogP contribution in [0.4, 0.5) is 0 Å². The summed E-state index contributed by atoms with van der Waals surface area (Å²) in [5.41, 5.74) is 8.56. The third-order valence-corrected chi connectivity index (χ3v) is 21.3. The Morgan fingerprint density at radius 3 is 0.978 bits per heavy atom. The molecule has 0 saturated carbocycles. The maximum absolute atomic E-state index is 15.0. The van der Waals surface area contributed by atoms with Crippen LogP contribution in [0, 0.1) is 0 Å². The highest BCUT2D eigenvalue weighted by molar-refractivity contribution is 8.15. The fourth-order valence-electron chi connectivity index (χ4n) is 6.45. The first-order valence-corrected chi connectivity index (χ1v) is 23.7. The van der Waals surface area contributed by atoms with Crippen LogP contribution < -0.4 is 10.6 Å². The van der Waals surface area contributed by atoms with Crippen LogP contribution in [0.15, 0.2) is 24.3 Å². The predicted octanol–water partition coefficient (Wildman–Crippen LogP) is 11.7. The zero-order chi connectivity index (χ0) is 36.0. The van der Waals surface area contributed by atoms with Gasteiger partial charge in [-0.1, -0.05) is 176 Å². The molecular formula is C42H68OP2Si. The molecule has 2 aromatic rings. The van der Waals surface area contributed by atoms with Crippen LogP contribution in [0.5, 0.6) is 0 Å².